The molecule has 2 rings (SSSR count). The van der Waals surface area contributed by atoms with Crippen LogP contribution in [0.2, 0.25) is 0 Å². The lowest BCUT2D eigenvalue weighted by Gasteiger charge is -2.27. The van der Waals surface area contributed by atoms with Crippen molar-refractivity contribution in [2.75, 3.05) is 6.61 Å². The molecular formula is C10H18N2O. The smallest absolute Gasteiger partial charge is 0.0876 e. The first-order valence-electron chi connectivity index (χ1n) is 5.03. The maximum atomic E-state index is 5.58. The van der Waals surface area contributed by atoms with Crippen LogP contribution in [0.4, 0.5) is 0 Å². The highest BCUT2D eigenvalue weighted by Crippen LogP contribution is 2.50. The Morgan fingerprint density at radius 2 is 2.38 bits per heavy atom. The Kier molecular flexibility index (Phi) is 2.30. The van der Waals surface area contributed by atoms with Gasteiger partial charge in [0.05, 0.1) is 18.9 Å². The molecular weight excluding hydrogens is 164 g/mol. The van der Waals surface area contributed by atoms with Crippen molar-refractivity contribution in [3.63, 3.8) is 0 Å². The van der Waals surface area contributed by atoms with Crippen molar-refractivity contribution in [1.82, 2.24) is 5.43 Å². The second kappa shape index (κ2) is 3.31. The Morgan fingerprint density at radius 1 is 1.62 bits per heavy atom. The van der Waals surface area contributed by atoms with Crippen LogP contribution in [-0.2, 0) is 4.74 Å². The van der Waals surface area contributed by atoms with E-state index in [0.29, 0.717) is 11.5 Å². The minimum Gasteiger partial charge on any atom is -0.501 e. The second-order valence-corrected chi connectivity index (χ2v) is 4.42. The molecule has 0 aromatic carbocycles. The van der Waals surface area contributed by atoms with Gasteiger partial charge in [0.2, 0.25) is 0 Å². The van der Waals surface area contributed by atoms with Crippen LogP contribution in [0.5, 0.6) is 0 Å². The molecule has 1 unspecified atom stereocenters. The summed E-state index contributed by atoms with van der Waals surface area (Å²) < 4.78 is 5.33. The number of hydrogen-bond donors (Lipinski definition) is 2. The molecule has 1 aliphatic carbocycles. The summed E-state index contributed by atoms with van der Waals surface area (Å²) in [6.07, 6.45) is 6.71. The lowest BCUT2D eigenvalue weighted by Crippen LogP contribution is -2.43. The van der Waals surface area contributed by atoms with E-state index in [1.165, 1.54) is 18.4 Å². The summed E-state index contributed by atoms with van der Waals surface area (Å²) in [4.78, 5) is 0. The average Bonchev–Trinajstić information content (AvgIpc) is 2.87. The Bertz CT molecular complexity index is 221. The zero-order valence-electron chi connectivity index (χ0n) is 8.18. The highest BCUT2D eigenvalue weighted by molar-refractivity contribution is 5.18. The van der Waals surface area contributed by atoms with Crippen LogP contribution in [0.15, 0.2) is 11.8 Å². The van der Waals surface area contributed by atoms with Crippen molar-refractivity contribution in [3.05, 3.63) is 11.8 Å². The number of nitrogens with one attached hydrogen (secondary N) is 1. The maximum Gasteiger partial charge on any atom is 0.0876 e. The minimum atomic E-state index is 0.327. The first kappa shape index (κ1) is 9.03. The highest BCUT2D eigenvalue weighted by Gasteiger charge is 2.46. The number of hydrazine groups is 1. The van der Waals surface area contributed by atoms with E-state index < -0.39 is 0 Å². The van der Waals surface area contributed by atoms with Gasteiger partial charge in [-0.05, 0) is 36.7 Å². The fourth-order valence-electron chi connectivity index (χ4n) is 2.04. The predicted molar refractivity (Wildman–Crippen MR) is 51.7 cm³/mol. The first-order chi connectivity index (χ1) is 6.26. The molecule has 0 spiro atoms. The number of ether oxygens (including phenoxy) is 1. The molecule has 1 saturated carbocycles. The third-order valence-corrected chi connectivity index (χ3v) is 3.24. The summed E-state index contributed by atoms with van der Waals surface area (Å²) in [7, 11) is 0. The Balaban J connectivity index is 2.07. The predicted octanol–water partition coefficient (Wildman–Crippen LogP) is 1.31. The third kappa shape index (κ3) is 1.71. The topological polar surface area (TPSA) is 47.3 Å². The molecule has 0 bridgehead atoms. The fourth-order valence-corrected chi connectivity index (χ4v) is 2.04. The Morgan fingerprint density at radius 3 is 2.85 bits per heavy atom. The summed E-state index contributed by atoms with van der Waals surface area (Å²) in [5.74, 6) is 5.58. The fraction of sp³-hybridized carbons (Fsp3) is 0.800. The molecule has 13 heavy (non-hydrogen) atoms. The van der Waals surface area contributed by atoms with Gasteiger partial charge in [0, 0.05) is 0 Å². The van der Waals surface area contributed by atoms with Gasteiger partial charge in [-0.3, -0.25) is 11.3 Å². The van der Waals surface area contributed by atoms with Gasteiger partial charge in [0.25, 0.3) is 0 Å². The van der Waals surface area contributed by atoms with E-state index >= 15 is 0 Å². The lowest BCUT2D eigenvalue weighted by molar-refractivity contribution is 0.213. The van der Waals surface area contributed by atoms with Crippen molar-refractivity contribution in [1.29, 1.82) is 0 Å². The van der Waals surface area contributed by atoms with Crippen LogP contribution in [0, 0.1) is 5.41 Å². The van der Waals surface area contributed by atoms with E-state index in [0.717, 1.165) is 19.4 Å². The Labute approximate surface area is 79.3 Å². The van der Waals surface area contributed by atoms with Crippen molar-refractivity contribution in [2.24, 2.45) is 11.3 Å². The Hall–Kier alpha value is -0.540. The summed E-state index contributed by atoms with van der Waals surface area (Å²) in [6, 6.07) is 0.327. The zero-order valence-corrected chi connectivity index (χ0v) is 8.18. The van der Waals surface area contributed by atoms with Crippen LogP contribution in [-0.4, -0.2) is 12.6 Å². The molecule has 3 nitrogen and oxygen atoms in total. The maximum absolute atomic E-state index is 5.58. The number of rotatable bonds is 3. The number of hydrogen-bond acceptors (Lipinski definition) is 3. The van der Waals surface area contributed by atoms with Gasteiger partial charge >= 0.3 is 0 Å². The van der Waals surface area contributed by atoms with Gasteiger partial charge in [-0.2, -0.15) is 0 Å². The molecule has 3 heteroatoms. The van der Waals surface area contributed by atoms with Crippen LogP contribution < -0.4 is 11.3 Å². The summed E-state index contributed by atoms with van der Waals surface area (Å²) in [5.41, 5.74) is 4.66. The number of nitrogens with two attached hydrogens (primary N) is 1. The van der Waals surface area contributed by atoms with Gasteiger partial charge in [-0.15, -0.1) is 0 Å². The van der Waals surface area contributed by atoms with Crippen LogP contribution in [0.25, 0.3) is 0 Å². The molecule has 0 aromatic heterocycles. The van der Waals surface area contributed by atoms with Crippen LogP contribution in [0.3, 0.4) is 0 Å². The second-order valence-electron chi connectivity index (χ2n) is 4.42. The van der Waals surface area contributed by atoms with Gasteiger partial charge < -0.3 is 4.74 Å². The lowest BCUT2D eigenvalue weighted by atomic mass is 9.90. The van der Waals surface area contributed by atoms with E-state index in [4.69, 9.17) is 10.6 Å². The molecule has 1 aliphatic heterocycles. The molecule has 1 fully saturated rings. The summed E-state index contributed by atoms with van der Waals surface area (Å²) >= 11 is 0. The van der Waals surface area contributed by atoms with Gasteiger partial charge in [-0.25, -0.2) is 0 Å². The van der Waals surface area contributed by atoms with Gasteiger partial charge in [0.1, 0.15) is 0 Å². The molecule has 1 atom stereocenters. The molecule has 0 radical (unpaired) electrons. The molecule has 0 aromatic rings. The largest absolute Gasteiger partial charge is 0.501 e. The van der Waals surface area contributed by atoms with Crippen LogP contribution in [0.1, 0.15) is 32.6 Å². The zero-order chi connectivity index (χ0) is 9.31. The van der Waals surface area contributed by atoms with E-state index in [1.807, 2.05) is 6.26 Å². The third-order valence-electron chi connectivity index (χ3n) is 3.24. The van der Waals surface area contributed by atoms with Crippen molar-refractivity contribution >= 4 is 0 Å². The van der Waals surface area contributed by atoms with E-state index in [2.05, 4.69) is 12.3 Å². The van der Waals surface area contributed by atoms with E-state index in [-0.39, 0.29) is 0 Å². The van der Waals surface area contributed by atoms with Crippen molar-refractivity contribution < 1.29 is 4.74 Å². The van der Waals surface area contributed by atoms with Gasteiger partial charge in [-0.1, -0.05) is 6.92 Å². The minimum absolute atomic E-state index is 0.327. The summed E-state index contributed by atoms with van der Waals surface area (Å²) in [5, 5.41) is 0. The molecule has 0 amide bonds. The standard InChI is InChI=1S/C10H18N2O/c1-10(4-5-10)9(12-11)8-3-2-6-13-7-8/h7,9,12H,2-6,11H2,1H3. The highest BCUT2D eigenvalue weighted by atomic mass is 16.5. The van der Waals surface area contributed by atoms with E-state index in [1.54, 1.807) is 0 Å². The summed E-state index contributed by atoms with van der Waals surface area (Å²) in [6.45, 7) is 3.14. The molecule has 3 N–H and O–H groups in total. The molecule has 1 heterocycles. The van der Waals surface area contributed by atoms with E-state index in [9.17, 15) is 0 Å². The van der Waals surface area contributed by atoms with Crippen LogP contribution >= 0.6 is 0 Å². The average molecular weight is 182 g/mol. The normalized spacial score (nSPS) is 27.4. The van der Waals surface area contributed by atoms with Gasteiger partial charge in [0.15, 0.2) is 0 Å². The quantitative estimate of drug-likeness (QED) is 0.511. The SMILES string of the molecule is CC1(C(NN)C2=COCCC2)CC1. The first-order valence-corrected chi connectivity index (χ1v) is 5.03. The molecule has 2 aliphatic rings. The monoisotopic (exact) mass is 182 g/mol. The molecule has 74 valence electrons. The van der Waals surface area contributed by atoms with Crippen molar-refractivity contribution in [2.45, 2.75) is 38.6 Å². The molecule has 0 saturated heterocycles. The van der Waals surface area contributed by atoms with Crippen molar-refractivity contribution in [3.8, 4) is 0 Å².